The molecule has 0 aromatic carbocycles. The molecule has 0 unspecified atom stereocenters. The number of rotatable bonds is 2. The van der Waals surface area contributed by atoms with E-state index in [1.807, 2.05) is 0 Å². The first-order chi connectivity index (χ1) is 11.7. The third-order valence-corrected chi connectivity index (χ3v) is 5.00. The highest BCUT2D eigenvalue weighted by molar-refractivity contribution is 5.90. The van der Waals surface area contributed by atoms with Crippen LogP contribution in [0.4, 0.5) is 0 Å². The number of piperidine rings is 2. The Morgan fingerprint density at radius 1 is 1.36 bits per heavy atom. The van der Waals surface area contributed by atoms with Crippen LogP contribution in [0.3, 0.4) is 0 Å². The summed E-state index contributed by atoms with van der Waals surface area (Å²) in [7, 11) is 0. The first-order valence-electron chi connectivity index (χ1n) is 8.13. The molecule has 25 heavy (non-hydrogen) atoms. The maximum Gasteiger partial charge on any atom is 0.291 e. The van der Waals surface area contributed by atoms with E-state index in [1.54, 1.807) is 4.90 Å². The normalized spacial score (nSPS) is 26.4. The van der Waals surface area contributed by atoms with Crippen molar-refractivity contribution in [2.24, 2.45) is 5.41 Å². The van der Waals surface area contributed by atoms with Crippen molar-refractivity contribution >= 4 is 18.3 Å². The predicted octanol–water partition coefficient (Wildman–Crippen LogP) is -0.616. The molecular weight excluding hydrogens is 348 g/mol. The lowest BCUT2D eigenvalue weighted by molar-refractivity contribution is -0.0435. The van der Waals surface area contributed by atoms with Crippen LogP contribution < -0.4 is 5.32 Å². The molecule has 0 saturated carbocycles. The molecule has 2 aliphatic heterocycles. The minimum atomic E-state index is -0.378. The fourth-order valence-corrected chi connectivity index (χ4v) is 3.67. The molecule has 2 atom stereocenters. The molecule has 2 aromatic rings. The summed E-state index contributed by atoms with van der Waals surface area (Å²) < 4.78 is 1.53. The molecule has 0 radical (unpaired) electrons. The Hall–Kier alpha value is -2.04. The Labute approximate surface area is 150 Å². The van der Waals surface area contributed by atoms with Crippen molar-refractivity contribution in [2.45, 2.75) is 25.4 Å². The molecule has 2 fully saturated rings. The number of aromatic nitrogens is 6. The number of nitrogens with zero attached hydrogens (tertiary/aromatic N) is 6. The number of hydrogen-bond acceptors (Lipinski definition) is 7. The number of halogens is 1. The van der Waals surface area contributed by atoms with Gasteiger partial charge in [0.15, 0.2) is 0 Å². The topological polar surface area (TPSA) is 125 Å². The van der Waals surface area contributed by atoms with E-state index in [1.165, 1.54) is 17.2 Å². The van der Waals surface area contributed by atoms with E-state index >= 15 is 0 Å². The van der Waals surface area contributed by atoms with Crippen molar-refractivity contribution in [3.63, 3.8) is 0 Å². The van der Waals surface area contributed by atoms with Crippen molar-refractivity contribution in [3.8, 4) is 5.95 Å². The number of hydrogen-bond donors (Lipinski definition) is 3. The molecule has 2 aliphatic rings. The Bertz CT molecular complexity index is 716. The molecule has 4 heterocycles. The van der Waals surface area contributed by atoms with E-state index in [4.69, 9.17) is 0 Å². The Morgan fingerprint density at radius 3 is 2.92 bits per heavy atom. The summed E-state index contributed by atoms with van der Waals surface area (Å²) in [6, 6.07) is 0. The summed E-state index contributed by atoms with van der Waals surface area (Å²) in [5.74, 6) is 0.321. The molecule has 2 saturated heterocycles. The fraction of sp³-hybridized carbons (Fsp3) is 0.643. The van der Waals surface area contributed by atoms with Gasteiger partial charge in [0, 0.05) is 25.0 Å². The van der Waals surface area contributed by atoms with Gasteiger partial charge in [0.2, 0.25) is 5.82 Å². The zero-order chi connectivity index (χ0) is 16.6. The lowest BCUT2D eigenvalue weighted by atomic mass is 9.72. The van der Waals surface area contributed by atoms with Crippen LogP contribution >= 0.6 is 12.4 Å². The molecule has 10 nitrogen and oxygen atoms in total. The Kier molecular flexibility index (Phi) is 5.02. The van der Waals surface area contributed by atoms with Gasteiger partial charge in [-0.05, 0) is 25.8 Å². The standard InChI is InChI=1S/C14H20N8O2.ClH/c23-10-2-4-15-6-14(10)3-1-5-21(7-14)12(24)11-18-13(20-19-11)22-8-16-17-9-22;/h8-10,15,23H,1-7H2,(H,18,19,20);1H/t10-,14-;/m0./s1. The summed E-state index contributed by atoms with van der Waals surface area (Å²) in [5, 5.41) is 27.9. The maximum atomic E-state index is 12.8. The van der Waals surface area contributed by atoms with Gasteiger partial charge >= 0.3 is 0 Å². The molecule has 2 aromatic heterocycles. The number of carbonyl (C=O) groups excluding carboxylic acids is 1. The van der Waals surface area contributed by atoms with Crippen molar-refractivity contribution in [2.75, 3.05) is 26.2 Å². The van der Waals surface area contributed by atoms with Crippen LogP contribution in [-0.2, 0) is 0 Å². The van der Waals surface area contributed by atoms with Crippen LogP contribution in [0.25, 0.3) is 5.95 Å². The number of aliphatic hydroxyl groups is 1. The minimum absolute atomic E-state index is 0. The zero-order valence-electron chi connectivity index (χ0n) is 13.6. The molecule has 3 N–H and O–H groups in total. The van der Waals surface area contributed by atoms with Gasteiger partial charge in [-0.1, -0.05) is 0 Å². The van der Waals surface area contributed by atoms with Crippen LogP contribution in [0.2, 0.25) is 0 Å². The van der Waals surface area contributed by atoms with Gasteiger partial charge in [0.05, 0.1) is 6.10 Å². The van der Waals surface area contributed by atoms with Crippen molar-refractivity contribution in [1.29, 1.82) is 0 Å². The van der Waals surface area contributed by atoms with Gasteiger partial charge < -0.3 is 15.3 Å². The van der Waals surface area contributed by atoms with Crippen molar-refractivity contribution in [3.05, 3.63) is 18.5 Å². The van der Waals surface area contributed by atoms with Gasteiger partial charge in [-0.25, -0.2) is 0 Å². The molecule has 4 rings (SSSR count). The first kappa shape index (κ1) is 17.8. The van der Waals surface area contributed by atoms with E-state index in [9.17, 15) is 9.90 Å². The SMILES string of the molecule is Cl.O=C(c1nc(-n2cnnc2)n[nH]1)N1CCC[C@]2(CNCC[C@@H]2O)C1. The van der Waals surface area contributed by atoms with Crippen molar-refractivity contribution < 1.29 is 9.90 Å². The number of aliphatic hydroxyl groups excluding tert-OH is 1. The molecule has 0 aliphatic carbocycles. The smallest absolute Gasteiger partial charge is 0.291 e. The average molecular weight is 369 g/mol. The number of nitrogens with one attached hydrogen (secondary N) is 2. The average Bonchev–Trinajstić information content (AvgIpc) is 3.28. The summed E-state index contributed by atoms with van der Waals surface area (Å²) in [5.41, 5.74) is -0.261. The van der Waals surface area contributed by atoms with Crippen LogP contribution in [0.1, 0.15) is 29.9 Å². The second-order valence-corrected chi connectivity index (χ2v) is 6.53. The Balaban J connectivity index is 0.00000182. The summed E-state index contributed by atoms with van der Waals surface area (Å²) in [6.45, 7) is 2.75. The second kappa shape index (κ2) is 7.06. The number of aromatic amines is 1. The van der Waals surface area contributed by atoms with E-state index in [-0.39, 0.29) is 35.7 Å². The third-order valence-electron chi connectivity index (χ3n) is 5.00. The van der Waals surface area contributed by atoms with Gasteiger partial charge in [0.1, 0.15) is 12.7 Å². The van der Waals surface area contributed by atoms with E-state index in [2.05, 4.69) is 30.7 Å². The highest BCUT2D eigenvalue weighted by Crippen LogP contribution is 2.36. The maximum absolute atomic E-state index is 12.8. The van der Waals surface area contributed by atoms with E-state index < -0.39 is 0 Å². The summed E-state index contributed by atoms with van der Waals surface area (Å²) >= 11 is 0. The first-order valence-corrected chi connectivity index (χ1v) is 8.13. The number of likely N-dealkylation sites (tertiary alicyclic amines) is 1. The fourth-order valence-electron chi connectivity index (χ4n) is 3.67. The van der Waals surface area contributed by atoms with Crippen molar-refractivity contribution in [1.82, 2.24) is 40.2 Å². The third kappa shape index (κ3) is 3.24. The lowest BCUT2D eigenvalue weighted by Gasteiger charge is -2.48. The highest BCUT2D eigenvalue weighted by Gasteiger charge is 2.44. The monoisotopic (exact) mass is 368 g/mol. The number of amides is 1. The summed E-state index contributed by atoms with van der Waals surface area (Å²) in [6.07, 6.45) is 5.08. The van der Waals surface area contributed by atoms with Gasteiger partial charge in [-0.15, -0.1) is 27.7 Å². The predicted molar refractivity (Wildman–Crippen MR) is 89.6 cm³/mol. The van der Waals surface area contributed by atoms with Crippen LogP contribution in [-0.4, -0.2) is 78.1 Å². The van der Waals surface area contributed by atoms with E-state index in [0.717, 1.165) is 32.4 Å². The zero-order valence-corrected chi connectivity index (χ0v) is 14.4. The van der Waals surface area contributed by atoms with Crippen LogP contribution in [0.15, 0.2) is 12.7 Å². The molecule has 1 spiro atoms. The largest absolute Gasteiger partial charge is 0.392 e. The molecule has 0 bridgehead atoms. The Morgan fingerprint density at radius 2 is 2.16 bits per heavy atom. The lowest BCUT2D eigenvalue weighted by Crippen LogP contribution is -2.59. The molecule has 1 amide bonds. The van der Waals surface area contributed by atoms with Gasteiger partial charge in [-0.3, -0.25) is 14.5 Å². The second-order valence-electron chi connectivity index (χ2n) is 6.53. The molecule has 136 valence electrons. The van der Waals surface area contributed by atoms with E-state index in [0.29, 0.717) is 19.0 Å². The number of H-pyrrole nitrogens is 1. The minimum Gasteiger partial charge on any atom is -0.392 e. The van der Waals surface area contributed by atoms with Crippen LogP contribution in [0.5, 0.6) is 0 Å². The van der Waals surface area contributed by atoms with Gasteiger partial charge in [0.25, 0.3) is 11.9 Å². The molecular formula is C14H21ClN8O2. The molecule has 11 heteroatoms. The summed E-state index contributed by atoms with van der Waals surface area (Å²) in [4.78, 5) is 18.8. The highest BCUT2D eigenvalue weighted by atomic mass is 35.5. The van der Waals surface area contributed by atoms with Crippen LogP contribution in [0, 0.1) is 5.41 Å². The quantitative estimate of drug-likeness (QED) is 0.645. The van der Waals surface area contributed by atoms with Gasteiger partial charge in [-0.2, -0.15) is 4.98 Å². The number of carbonyl (C=O) groups is 1.